The molecule has 1 saturated heterocycles. The summed E-state index contributed by atoms with van der Waals surface area (Å²) in [4.78, 5) is 13.0. The van der Waals surface area contributed by atoms with Crippen LogP contribution in [0, 0.1) is 3.57 Å². The second-order valence-electron chi connectivity index (χ2n) is 6.09. The first-order chi connectivity index (χ1) is 13.5. The van der Waals surface area contributed by atoms with Crippen molar-refractivity contribution >= 4 is 68.0 Å². The van der Waals surface area contributed by atoms with Crippen LogP contribution < -0.4 is 15.4 Å². The molecule has 3 rings (SSSR count). The molecule has 0 radical (unpaired) electrons. The average molecular weight is 571 g/mol. The van der Waals surface area contributed by atoms with Gasteiger partial charge >= 0.3 is 0 Å². The Labute approximate surface area is 191 Å². The van der Waals surface area contributed by atoms with E-state index in [1.807, 2.05) is 30.3 Å². The summed E-state index contributed by atoms with van der Waals surface area (Å²) in [5, 5.41) is 6.31. The molecule has 0 bridgehead atoms. The summed E-state index contributed by atoms with van der Waals surface area (Å²) in [7, 11) is 0. The highest BCUT2D eigenvalue weighted by Gasteiger charge is 2.27. The Morgan fingerprint density at radius 2 is 2.11 bits per heavy atom. The van der Waals surface area contributed by atoms with Crippen LogP contribution in [0.25, 0.3) is 6.08 Å². The minimum absolute atomic E-state index is 0.0780. The maximum Gasteiger partial charge on any atom is 0.260 e. The molecule has 2 aromatic rings. The monoisotopic (exact) mass is 570 g/mol. The molecule has 1 heterocycles. The second-order valence-corrected chi connectivity index (χ2v) is 9.25. The number of benzene rings is 2. The Kier molecular flexibility index (Phi) is 7.48. The Bertz CT molecular complexity index is 892. The smallest absolute Gasteiger partial charge is 0.260 e. The van der Waals surface area contributed by atoms with Crippen LogP contribution >= 0.6 is 50.3 Å². The van der Waals surface area contributed by atoms with E-state index in [0.717, 1.165) is 31.5 Å². The van der Waals surface area contributed by atoms with Crippen LogP contribution in [-0.2, 0) is 11.2 Å². The van der Waals surface area contributed by atoms with Crippen LogP contribution in [0.2, 0.25) is 0 Å². The summed E-state index contributed by atoms with van der Waals surface area (Å²) in [6.45, 7) is 6.24. The second kappa shape index (κ2) is 9.84. The van der Waals surface area contributed by atoms with Gasteiger partial charge in [0.1, 0.15) is 12.4 Å². The van der Waals surface area contributed by atoms with Crippen LogP contribution in [0.1, 0.15) is 18.1 Å². The SMILES string of the molecule is C=CCOc1c(Br)cc(/C=C2\S[C@@H](Nc3ccc(CC)cc3)NC2=O)cc1I. The van der Waals surface area contributed by atoms with Gasteiger partial charge in [-0.3, -0.25) is 4.79 Å². The fraction of sp³-hybridized carbons (Fsp3) is 0.190. The molecule has 2 N–H and O–H groups in total. The predicted octanol–water partition coefficient (Wildman–Crippen LogP) is 5.78. The minimum atomic E-state index is -0.191. The van der Waals surface area contributed by atoms with Gasteiger partial charge in [0.05, 0.1) is 12.9 Å². The van der Waals surface area contributed by atoms with Gasteiger partial charge in [0.15, 0.2) is 5.50 Å². The fourth-order valence-corrected chi connectivity index (χ4v) is 5.40. The molecule has 0 unspecified atom stereocenters. The van der Waals surface area contributed by atoms with Crippen LogP contribution in [0.5, 0.6) is 5.75 Å². The third kappa shape index (κ3) is 5.33. The van der Waals surface area contributed by atoms with Crippen LogP contribution in [0.15, 0.2) is 58.4 Å². The number of aryl methyl sites for hydroxylation is 1. The lowest BCUT2D eigenvalue weighted by Crippen LogP contribution is -2.30. The zero-order valence-electron chi connectivity index (χ0n) is 15.3. The molecule has 1 aliphatic heterocycles. The summed E-state index contributed by atoms with van der Waals surface area (Å²) in [5.74, 6) is 0.701. The Balaban J connectivity index is 1.72. The van der Waals surface area contributed by atoms with E-state index >= 15 is 0 Å². The highest BCUT2D eigenvalue weighted by molar-refractivity contribution is 14.1. The van der Waals surface area contributed by atoms with E-state index in [1.54, 1.807) is 6.08 Å². The van der Waals surface area contributed by atoms with Gasteiger partial charge < -0.3 is 15.4 Å². The third-order valence-corrected chi connectivity index (χ3v) is 6.47. The van der Waals surface area contributed by atoms with E-state index < -0.39 is 0 Å². The summed E-state index contributed by atoms with van der Waals surface area (Å²) in [6, 6.07) is 12.2. The lowest BCUT2D eigenvalue weighted by molar-refractivity contribution is -0.116. The maximum atomic E-state index is 12.4. The lowest BCUT2D eigenvalue weighted by atomic mass is 10.1. The number of carbonyl (C=O) groups excluding carboxylic acids is 1. The normalized spacial score (nSPS) is 17.5. The predicted molar refractivity (Wildman–Crippen MR) is 129 cm³/mol. The van der Waals surface area contributed by atoms with Crippen LogP contribution in [0.3, 0.4) is 0 Å². The molecule has 0 aliphatic carbocycles. The number of anilines is 1. The van der Waals surface area contributed by atoms with E-state index in [-0.39, 0.29) is 11.4 Å². The van der Waals surface area contributed by atoms with E-state index in [4.69, 9.17) is 4.74 Å². The summed E-state index contributed by atoms with van der Waals surface area (Å²) >= 11 is 7.25. The van der Waals surface area contributed by atoms with Crippen molar-refractivity contribution in [1.29, 1.82) is 0 Å². The van der Waals surface area contributed by atoms with Crippen molar-refractivity contribution < 1.29 is 9.53 Å². The summed E-state index contributed by atoms with van der Waals surface area (Å²) < 4.78 is 7.49. The van der Waals surface area contributed by atoms with Gasteiger partial charge in [-0.15, -0.1) is 0 Å². The number of amides is 1. The van der Waals surface area contributed by atoms with Gasteiger partial charge in [0.25, 0.3) is 5.91 Å². The third-order valence-electron chi connectivity index (χ3n) is 4.05. The molecule has 28 heavy (non-hydrogen) atoms. The van der Waals surface area contributed by atoms with Crippen LogP contribution in [-0.4, -0.2) is 18.0 Å². The maximum absolute atomic E-state index is 12.4. The number of hydrogen-bond acceptors (Lipinski definition) is 4. The molecular formula is C21H20BrIN2O2S. The van der Waals surface area contributed by atoms with Crippen LogP contribution in [0.4, 0.5) is 5.69 Å². The quantitative estimate of drug-likeness (QED) is 0.252. The average Bonchev–Trinajstić information content (AvgIpc) is 3.00. The van der Waals surface area contributed by atoms with Crippen molar-refractivity contribution in [3.8, 4) is 5.75 Å². The van der Waals surface area contributed by atoms with Crippen molar-refractivity contribution in [2.24, 2.45) is 0 Å². The molecule has 1 fully saturated rings. The Morgan fingerprint density at radius 3 is 2.75 bits per heavy atom. The van der Waals surface area contributed by atoms with Gasteiger partial charge in [-0.2, -0.15) is 0 Å². The first kappa shape index (κ1) is 21.3. The molecule has 0 aromatic heterocycles. The van der Waals surface area contributed by atoms with Gasteiger partial charge in [0, 0.05) is 5.69 Å². The van der Waals surface area contributed by atoms with E-state index in [0.29, 0.717) is 11.5 Å². The Hall–Kier alpha value is -1.45. The van der Waals surface area contributed by atoms with Gasteiger partial charge in [0.2, 0.25) is 0 Å². The standard InChI is InChI=1S/C21H20BrIN2O2S/c1-3-9-27-19-16(22)10-14(11-17(19)23)12-18-20(26)25-21(28-18)24-15-7-5-13(4-2)6-8-15/h3,5-8,10-12,21,24H,1,4,9H2,2H3,(H,25,26)/b18-12-/t21-/m0/s1. The number of nitrogens with one attached hydrogen (secondary N) is 2. The summed E-state index contributed by atoms with van der Waals surface area (Å²) in [5.41, 5.74) is 3.02. The zero-order valence-corrected chi connectivity index (χ0v) is 19.9. The largest absolute Gasteiger partial charge is 0.487 e. The van der Waals surface area contributed by atoms with Gasteiger partial charge in [-0.25, -0.2) is 0 Å². The van der Waals surface area contributed by atoms with Crippen molar-refractivity contribution in [3.05, 3.63) is 73.1 Å². The Morgan fingerprint density at radius 1 is 1.36 bits per heavy atom. The van der Waals surface area contributed by atoms with E-state index in [9.17, 15) is 4.79 Å². The molecule has 1 amide bonds. The zero-order chi connectivity index (χ0) is 20.1. The number of thioether (sulfide) groups is 1. The first-order valence-corrected chi connectivity index (χ1v) is 11.5. The molecule has 2 aromatic carbocycles. The number of rotatable bonds is 7. The fourth-order valence-electron chi connectivity index (χ4n) is 2.65. The molecule has 7 heteroatoms. The van der Waals surface area contributed by atoms with Crippen molar-refractivity contribution in [2.75, 3.05) is 11.9 Å². The topological polar surface area (TPSA) is 50.4 Å². The molecule has 0 spiro atoms. The molecule has 4 nitrogen and oxygen atoms in total. The van der Waals surface area contributed by atoms with Crippen molar-refractivity contribution in [2.45, 2.75) is 18.8 Å². The number of carbonyl (C=O) groups is 1. The van der Waals surface area contributed by atoms with Gasteiger partial charge in [-0.05, 0) is 86.4 Å². The van der Waals surface area contributed by atoms with Crippen molar-refractivity contribution in [3.63, 3.8) is 0 Å². The molecular weight excluding hydrogens is 551 g/mol. The summed E-state index contributed by atoms with van der Waals surface area (Å²) in [6.07, 6.45) is 4.61. The number of ether oxygens (including phenoxy) is 1. The van der Waals surface area contributed by atoms with E-state index in [1.165, 1.54) is 17.3 Å². The number of hydrogen-bond donors (Lipinski definition) is 2. The molecule has 1 aliphatic rings. The molecule has 0 saturated carbocycles. The first-order valence-electron chi connectivity index (χ1n) is 8.77. The lowest BCUT2D eigenvalue weighted by Gasteiger charge is -2.13. The van der Waals surface area contributed by atoms with Crippen molar-refractivity contribution in [1.82, 2.24) is 5.32 Å². The highest BCUT2D eigenvalue weighted by atomic mass is 127. The van der Waals surface area contributed by atoms with Gasteiger partial charge in [-0.1, -0.05) is 43.5 Å². The molecule has 146 valence electrons. The molecule has 1 atom stereocenters. The van der Waals surface area contributed by atoms with E-state index in [2.05, 4.69) is 74.8 Å². The minimum Gasteiger partial charge on any atom is -0.487 e. The number of halogens is 2. The highest BCUT2D eigenvalue weighted by Crippen LogP contribution is 2.35.